The van der Waals surface area contributed by atoms with Crippen LogP contribution in [-0.4, -0.2) is 53.0 Å². The van der Waals surface area contributed by atoms with E-state index >= 15 is 0 Å². The van der Waals surface area contributed by atoms with Gasteiger partial charge in [-0.25, -0.2) is 4.31 Å². The topological polar surface area (TPSA) is 126 Å². The van der Waals surface area contributed by atoms with Crippen molar-refractivity contribution in [2.24, 2.45) is 0 Å². The Balaban J connectivity index is 1.77. The molecule has 1 aliphatic heterocycles. The van der Waals surface area contributed by atoms with Gasteiger partial charge in [-0.05, 0) is 45.0 Å². The van der Waals surface area contributed by atoms with Gasteiger partial charge in [-0.2, -0.15) is 13.4 Å². The molecule has 0 spiro atoms. The van der Waals surface area contributed by atoms with Crippen LogP contribution in [0.4, 0.5) is 0 Å². The molecule has 2 heterocycles. The molecule has 1 aromatic heterocycles. The van der Waals surface area contributed by atoms with Gasteiger partial charge in [0.1, 0.15) is 0 Å². The molecule has 0 unspecified atom stereocenters. The minimum Gasteiger partial charge on any atom is -0.339 e. The van der Waals surface area contributed by atoms with Crippen LogP contribution in [0, 0.1) is 0 Å². The lowest BCUT2D eigenvalue weighted by Gasteiger charge is -2.18. The molecule has 0 radical (unpaired) electrons. The highest BCUT2D eigenvalue weighted by atomic mass is 32.2. The van der Waals surface area contributed by atoms with Gasteiger partial charge in [0.05, 0.1) is 0 Å². The zero-order chi connectivity index (χ0) is 18.7. The van der Waals surface area contributed by atoms with Crippen molar-refractivity contribution in [3.63, 3.8) is 0 Å². The zero-order valence-electron chi connectivity index (χ0n) is 14.3. The third kappa shape index (κ3) is 3.92. The quantitative estimate of drug-likeness (QED) is 0.747. The zero-order valence-corrected chi connectivity index (χ0v) is 15.1. The molecule has 3 rings (SSSR count). The lowest BCUT2D eigenvalue weighted by atomic mass is 9.98. The van der Waals surface area contributed by atoms with Gasteiger partial charge in [0, 0.05) is 23.6 Å². The second kappa shape index (κ2) is 7.52. The number of nitrogens with zero attached hydrogens (tertiary/aromatic N) is 3. The van der Waals surface area contributed by atoms with Crippen LogP contribution >= 0.6 is 0 Å². The van der Waals surface area contributed by atoms with Crippen molar-refractivity contribution in [1.82, 2.24) is 19.8 Å². The van der Waals surface area contributed by atoms with E-state index in [1.807, 2.05) is 0 Å². The lowest BCUT2D eigenvalue weighted by molar-refractivity contribution is 0.0857. The summed E-state index contributed by atoms with van der Waals surface area (Å²) in [5, 5.41) is 7.27. The number of benzene rings is 1. The second-order valence-corrected chi connectivity index (χ2v) is 7.34. The van der Waals surface area contributed by atoms with E-state index in [1.54, 1.807) is 12.1 Å². The van der Waals surface area contributed by atoms with Crippen LogP contribution in [0.3, 0.4) is 0 Å². The molecule has 2 aromatic rings. The van der Waals surface area contributed by atoms with Crippen LogP contribution in [0.5, 0.6) is 0 Å². The van der Waals surface area contributed by atoms with Gasteiger partial charge in [-0.15, -0.1) is 0 Å². The van der Waals surface area contributed by atoms with Gasteiger partial charge < -0.3 is 9.84 Å². The molecule has 2 N–H and O–H groups in total. The smallest absolute Gasteiger partial charge is 0.339 e. The van der Waals surface area contributed by atoms with Crippen molar-refractivity contribution in [2.45, 2.75) is 25.7 Å². The van der Waals surface area contributed by atoms with Crippen molar-refractivity contribution >= 4 is 16.2 Å². The summed E-state index contributed by atoms with van der Waals surface area (Å²) in [5.74, 6) is 0.459. The van der Waals surface area contributed by atoms with E-state index < -0.39 is 16.2 Å². The van der Waals surface area contributed by atoms with E-state index in [2.05, 4.69) is 15.5 Å². The minimum atomic E-state index is -4.59. The van der Waals surface area contributed by atoms with Crippen molar-refractivity contribution in [3.8, 4) is 11.4 Å². The Labute approximate surface area is 151 Å². The number of carbonyl (C=O) groups is 1. The number of rotatable bonds is 5. The van der Waals surface area contributed by atoms with Crippen LogP contribution in [0.1, 0.15) is 41.9 Å². The fourth-order valence-corrected chi connectivity index (χ4v) is 3.55. The number of aromatic nitrogens is 2. The normalized spacial score (nSPS) is 15.8. The van der Waals surface area contributed by atoms with E-state index in [9.17, 15) is 13.2 Å². The first-order chi connectivity index (χ1) is 12.4. The molecular weight excluding hydrogens is 360 g/mol. The van der Waals surface area contributed by atoms with Crippen LogP contribution in [0.25, 0.3) is 11.4 Å². The first kappa shape index (κ1) is 18.5. The molecule has 0 bridgehead atoms. The number of amides is 1. The molecular formula is C16H20N4O5S. The van der Waals surface area contributed by atoms with Crippen molar-refractivity contribution < 1.29 is 22.3 Å². The molecule has 10 heteroatoms. The van der Waals surface area contributed by atoms with E-state index in [4.69, 9.17) is 9.08 Å². The van der Waals surface area contributed by atoms with Gasteiger partial charge in [0.25, 0.3) is 5.91 Å². The number of carbonyl (C=O) groups excluding carboxylic acids is 1. The fourth-order valence-electron chi connectivity index (χ4n) is 2.90. The summed E-state index contributed by atoms with van der Waals surface area (Å²) < 4.78 is 37.3. The summed E-state index contributed by atoms with van der Waals surface area (Å²) in [7, 11) is -4.59. The summed E-state index contributed by atoms with van der Waals surface area (Å²) in [6.45, 7) is 3.13. The average molecular weight is 380 g/mol. The van der Waals surface area contributed by atoms with Gasteiger partial charge in [0.2, 0.25) is 11.7 Å². The van der Waals surface area contributed by atoms with Crippen LogP contribution < -0.4 is 5.32 Å². The van der Waals surface area contributed by atoms with Crippen LogP contribution in [0.15, 0.2) is 28.8 Å². The third-order valence-corrected chi connectivity index (χ3v) is 5.29. The highest BCUT2D eigenvalue weighted by Crippen LogP contribution is 2.26. The van der Waals surface area contributed by atoms with Crippen molar-refractivity contribution in [3.05, 3.63) is 35.7 Å². The number of piperidine rings is 1. The Morgan fingerprint density at radius 1 is 1.31 bits per heavy atom. The molecule has 26 heavy (non-hydrogen) atoms. The van der Waals surface area contributed by atoms with E-state index in [0.29, 0.717) is 21.6 Å². The Bertz CT molecular complexity index is 872. The first-order valence-corrected chi connectivity index (χ1v) is 9.74. The van der Waals surface area contributed by atoms with Gasteiger partial charge in [-0.3, -0.25) is 9.35 Å². The number of hydrogen-bond donors (Lipinski definition) is 2. The SMILES string of the molecule is CCN(C(=O)c1ccc(-c2noc(C3CCNCC3)n2)cc1)S(=O)(=O)O. The van der Waals surface area contributed by atoms with Gasteiger partial charge in [0.15, 0.2) is 0 Å². The first-order valence-electron chi connectivity index (χ1n) is 8.34. The number of hydrogen-bond acceptors (Lipinski definition) is 7. The molecule has 0 saturated carbocycles. The molecule has 0 aliphatic carbocycles. The third-order valence-electron chi connectivity index (χ3n) is 4.31. The Hall–Kier alpha value is -2.30. The Morgan fingerprint density at radius 3 is 2.54 bits per heavy atom. The minimum absolute atomic E-state index is 0.135. The summed E-state index contributed by atoms with van der Waals surface area (Å²) in [6, 6.07) is 6.16. The maximum atomic E-state index is 12.2. The maximum absolute atomic E-state index is 12.2. The van der Waals surface area contributed by atoms with E-state index in [1.165, 1.54) is 19.1 Å². The number of nitrogens with one attached hydrogen (secondary N) is 1. The predicted molar refractivity (Wildman–Crippen MR) is 92.8 cm³/mol. The standard InChI is InChI=1S/C16H20N4O5S/c1-2-20(26(22,23)24)16(21)13-5-3-11(4-6-13)14-18-15(25-19-14)12-7-9-17-10-8-12/h3-6,12,17H,2,7-10H2,1H3,(H,22,23,24). The summed E-state index contributed by atoms with van der Waals surface area (Å²) in [6.07, 6.45) is 1.88. The molecule has 0 atom stereocenters. The highest BCUT2D eigenvalue weighted by Gasteiger charge is 2.25. The second-order valence-electron chi connectivity index (χ2n) is 6.01. The fraction of sp³-hybridized carbons (Fsp3) is 0.438. The maximum Gasteiger partial charge on any atom is 0.362 e. The summed E-state index contributed by atoms with van der Waals surface area (Å²) in [5.41, 5.74) is 0.788. The van der Waals surface area contributed by atoms with Gasteiger partial charge in [-0.1, -0.05) is 17.3 Å². The van der Waals surface area contributed by atoms with Crippen LogP contribution in [0.2, 0.25) is 0 Å². The Kier molecular flexibility index (Phi) is 5.35. The highest BCUT2D eigenvalue weighted by molar-refractivity contribution is 7.84. The van der Waals surface area contributed by atoms with E-state index in [0.717, 1.165) is 25.9 Å². The average Bonchev–Trinajstić information content (AvgIpc) is 3.12. The van der Waals surface area contributed by atoms with E-state index in [-0.39, 0.29) is 18.0 Å². The lowest BCUT2D eigenvalue weighted by Crippen LogP contribution is -2.36. The van der Waals surface area contributed by atoms with Crippen molar-refractivity contribution in [2.75, 3.05) is 19.6 Å². The summed E-state index contributed by atoms with van der Waals surface area (Å²) >= 11 is 0. The molecule has 1 amide bonds. The molecule has 1 aromatic carbocycles. The molecule has 140 valence electrons. The predicted octanol–water partition coefficient (Wildman–Crippen LogP) is 1.47. The molecule has 1 fully saturated rings. The largest absolute Gasteiger partial charge is 0.362 e. The molecule has 9 nitrogen and oxygen atoms in total. The molecule has 1 saturated heterocycles. The summed E-state index contributed by atoms with van der Waals surface area (Å²) in [4.78, 5) is 16.6. The van der Waals surface area contributed by atoms with Crippen LogP contribution in [-0.2, 0) is 10.3 Å². The van der Waals surface area contributed by atoms with Crippen molar-refractivity contribution in [1.29, 1.82) is 0 Å². The monoisotopic (exact) mass is 380 g/mol. The van der Waals surface area contributed by atoms with Gasteiger partial charge >= 0.3 is 10.3 Å². The Morgan fingerprint density at radius 2 is 1.96 bits per heavy atom. The molecule has 1 aliphatic rings.